The molecule has 0 atom stereocenters. The predicted molar refractivity (Wildman–Crippen MR) is 81.2 cm³/mol. The number of hydrogen-bond donors (Lipinski definition) is 1. The maximum Gasteiger partial charge on any atom is 0.128 e. The molecule has 3 heteroatoms. The van der Waals surface area contributed by atoms with Gasteiger partial charge in [0.05, 0.1) is 11.4 Å². The Labute approximate surface area is 120 Å². The molecule has 0 spiro atoms. The third-order valence-corrected chi connectivity index (χ3v) is 3.65. The van der Waals surface area contributed by atoms with Gasteiger partial charge in [-0.2, -0.15) is 0 Å². The summed E-state index contributed by atoms with van der Waals surface area (Å²) in [5, 5.41) is 3.44. The number of anilines is 1. The number of rotatable bonds is 3. The number of hydrogen-bond acceptors (Lipinski definition) is 3. The van der Waals surface area contributed by atoms with Crippen molar-refractivity contribution < 1.29 is 4.74 Å². The molecule has 1 aliphatic heterocycles. The maximum absolute atomic E-state index is 6.09. The van der Waals surface area contributed by atoms with Crippen LogP contribution in [0.3, 0.4) is 0 Å². The summed E-state index contributed by atoms with van der Waals surface area (Å²) in [6, 6.07) is 10.4. The molecule has 1 N–H and O–H groups in total. The summed E-state index contributed by atoms with van der Waals surface area (Å²) >= 11 is 0. The molecule has 3 rings (SSSR count). The van der Waals surface area contributed by atoms with Crippen LogP contribution in [0.15, 0.2) is 36.5 Å². The monoisotopic (exact) mass is 268 g/mol. The molecule has 0 fully saturated rings. The highest BCUT2D eigenvalue weighted by molar-refractivity contribution is 5.51. The third-order valence-electron chi connectivity index (χ3n) is 3.65. The summed E-state index contributed by atoms with van der Waals surface area (Å²) in [6.07, 6.45) is 2.79. The number of aromatic nitrogens is 1. The van der Waals surface area contributed by atoms with Gasteiger partial charge in [0.1, 0.15) is 11.4 Å². The molecule has 3 nitrogen and oxygen atoms in total. The molecule has 104 valence electrons. The van der Waals surface area contributed by atoms with Crippen LogP contribution in [0, 0.1) is 6.92 Å². The second-order valence-electron chi connectivity index (χ2n) is 5.93. The van der Waals surface area contributed by atoms with Gasteiger partial charge in [-0.25, -0.2) is 0 Å². The number of pyridine rings is 1. The Morgan fingerprint density at radius 3 is 2.90 bits per heavy atom. The molecule has 0 amide bonds. The number of nitrogens with one attached hydrogen (secondary N) is 1. The Morgan fingerprint density at radius 1 is 1.25 bits per heavy atom. The molecular formula is C17H20N2O. The fourth-order valence-corrected chi connectivity index (χ4v) is 2.68. The van der Waals surface area contributed by atoms with E-state index in [1.54, 1.807) is 0 Å². The van der Waals surface area contributed by atoms with E-state index >= 15 is 0 Å². The van der Waals surface area contributed by atoms with E-state index < -0.39 is 0 Å². The summed E-state index contributed by atoms with van der Waals surface area (Å²) in [6.45, 7) is 7.04. The zero-order valence-corrected chi connectivity index (χ0v) is 12.2. The second kappa shape index (κ2) is 4.82. The summed E-state index contributed by atoms with van der Waals surface area (Å²) in [5.41, 5.74) is 4.50. The summed E-state index contributed by atoms with van der Waals surface area (Å²) < 4.78 is 6.09. The lowest BCUT2D eigenvalue weighted by atomic mass is 10.0. The van der Waals surface area contributed by atoms with E-state index in [1.165, 1.54) is 11.1 Å². The van der Waals surface area contributed by atoms with Crippen molar-refractivity contribution in [3.63, 3.8) is 0 Å². The van der Waals surface area contributed by atoms with Gasteiger partial charge in [-0.05, 0) is 38.5 Å². The quantitative estimate of drug-likeness (QED) is 0.921. The molecule has 0 saturated carbocycles. The highest BCUT2D eigenvalue weighted by Gasteiger charge is 2.31. The minimum absolute atomic E-state index is 0.0946. The van der Waals surface area contributed by atoms with Gasteiger partial charge in [0, 0.05) is 24.7 Å². The fraction of sp³-hybridized carbons (Fsp3) is 0.353. The van der Waals surface area contributed by atoms with Crippen molar-refractivity contribution in [2.24, 2.45) is 0 Å². The van der Waals surface area contributed by atoms with Gasteiger partial charge in [0.25, 0.3) is 0 Å². The Bertz CT molecular complexity index is 635. The SMILES string of the molecule is Cc1ncccc1NCc1cccc2c1OC(C)(C)C2. The first-order valence-corrected chi connectivity index (χ1v) is 7.00. The predicted octanol–water partition coefficient (Wildman–Crippen LogP) is 3.72. The van der Waals surface area contributed by atoms with E-state index in [-0.39, 0.29) is 5.60 Å². The average Bonchev–Trinajstić information content (AvgIpc) is 2.72. The van der Waals surface area contributed by atoms with Crippen molar-refractivity contribution in [1.82, 2.24) is 4.98 Å². The molecular weight excluding hydrogens is 248 g/mol. The van der Waals surface area contributed by atoms with Crippen LogP contribution < -0.4 is 10.1 Å². The molecule has 20 heavy (non-hydrogen) atoms. The third kappa shape index (κ3) is 2.48. The first kappa shape index (κ1) is 13.0. The van der Waals surface area contributed by atoms with E-state index in [1.807, 2.05) is 19.2 Å². The lowest BCUT2D eigenvalue weighted by Gasteiger charge is -2.18. The zero-order chi connectivity index (χ0) is 14.2. The Kier molecular flexibility index (Phi) is 3.13. The molecule has 0 unspecified atom stereocenters. The zero-order valence-electron chi connectivity index (χ0n) is 12.2. The van der Waals surface area contributed by atoms with Gasteiger partial charge in [-0.1, -0.05) is 18.2 Å². The normalized spacial score (nSPS) is 15.6. The Morgan fingerprint density at radius 2 is 2.10 bits per heavy atom. The average molecular weight is 268 g/mol. The summed E-state index contributed by atoms with van der Waals surface area (Å²) in [4.78, 5) is 4.29. The van der Waals surface area contributed by atoms with E-state index in [0.717, 1.165) is 30.1 Å². The smallest absolute Gasteiger partial charge is 0.128 e. The van der Waals surface area contributed by atoms with Crippen molar-refractivity contribution in [2.45, 2.75) is 39.3 Å². The molecule has 0 saturated heterocycles. The van der Waals surface area contributed by atoms with Crippen LogP contribution >= 0.6 is 0 Å². The topological polar surface area (TPSA) is 34.2 Å². The minimum Gasteiger partial charge on any atom is -0.487 e. The highest BCUT2D eigenvalue weighted by Crippen LogP contribution is 2.37. The van der Waals surface area contributed by atoms with Crippen LogP contribution in [0.4, 0.5) is 5.69 Å². The standard InChI is InChI=1S/C17H20N2O/c1-12-15(8-5-9-18-12)19-11-14-7-4-6-13-10-17(2,3)20-16(13)14/h4-9,19H,10-11H2,1-3H3. The van der Waals surface area contributed by atoms with Gasteiger partial charge >= 0.3 is 0 Å². The molecule has 0 aliphatic carbocycles. The molecule has 2 heterocycles. The van der Waals surface area contributed by atoms with E-state index in [2.05, 4.69) is 48.4 Å². The number of nitrogens with zero attached hydrogens (tertiary/aromatic N) is 1. The first-order valence-electron chi connectivity index (χ1n) is 7.00. The molecule has 1 aliphatic rings. The Hall–Kier alpha value is -2.03. The minimum atomic E-state index is -0.0946. The largest absolute Gasteiger partial charge is 0.487 e. The maximum atomic E-state index is 6.09. The van der Waals surface area contributed by atoms with Crippen molar-refractivity contribution in [2.75, 3.05) is 5.32 Å². The van der Waals surface area contributed by atoms with Gasteiger partial charge in [0.15, 0.2) is 0 Å². The van der Waals surface area contributed by atoms with Crippen LogP contribution in [0.5, 0.6) is 5.75 Å². The summed E-state index contributed by atoms with van der Waals surface area (Å²) in [7, 11) is 0. The number of fused-ring (bicyclic) bond motifs is 1. The van der Waals surface area contributed by atoms with Gasteiger partial charge < -0.3 is 10.1 Å². The van der Waals surface area contributed by atoms with Gasteiger partial charge in [-0.3, -0.25) is 4.98 Å². The number of aryl methyl sites for hydroxylation is 1. The first-order chi connectivity index (χ1) is 9.55. The molecule has 0 radical (unpaired) electrons. The fourth-order valence-electron chi connectivity index (χ4n) is 2.68. The molecule has 1 aromatic heterocycles. The number of benzene rings is 1. The summed E-state index contributed by atoms with van der Waals surface area (Å²) in [5.74, 6) is 1.05. The van der Waals surface area contributed by atoms with E-state index in [4.69, 9.17) is 4.74 Å². The lowest BCUT2D eigenvalue weighted by Crippen LogP contribution is -2.25. The van der Waals surface area contributed by atoms with Crippen molar-refractivity contribution in [3.05, 3.63) is 53.3 Å². The Balaban J connectivity index is 1.80. The van der Waals surface area contributed by atoms with Crippen LogP contribution in [-0.4, -0.2) is 10.6 Å². The van der Waals surface area contributed by atoms with E-state index in [9.17, 15) is 0 Å². The van der Waals surface area contributed by atoms with Crippen LogP contribution in [0.25, 0.3) is 0 Å². The van der Waals surface area contributed by atoms with Crippen LogP contribution in [0.1, 0.15) is 30.7 Å². The number of ether oxygens (including phenoxy) is 1. The van der Waals surface area contributed by atoms with Crippen LogP contribution in [0.2, 0.25) is 0 Å². The van der Waals surface area contributed by atoms with Crippen molar-refractivity contribution in [1.29, 1.82) is 0 Å². The van der Waals surface area contributed by atoms with Crippen molar-refractivity contribution >= 4 is 5.69 Å². The van der Waals surface area contributed by atoms with Crippen LogP contribution in [-0.2, 0) is 13.0 Å². The molecule has 0 bridgehead atoms. The van der Waals surface area contributed by atoms with E-state index in [0.29, 0.717) is 0 Å². The molecule has 2 aromatic rings. The second-order valence-corrected chi connectivity index (χ2v) is 5.93. The van der Waals surface area contributed by atoms with Crippen molar-refractivity contribution in [3.8, 4) is 5.75 Å². The number of para-hydroxylation sites is 1. The highest BCUT2D eigenvalue weighted by atomic mass is 16.5. The van der Waals surface area contributed by atoms with Gasteiger partial charge in [-0.15, -0.1) is 0 Å². The lowest BCUT2D eigenvalue weighted by molar-refractivity contribution is 0.137. The van der Waals surface area contributed by atoms with Gasteiger partial charge in [0.2, 0.25) is 0 Å². The molecule has 1 aromatic carbocycles.